The molecular formula is C17H15N3O4. The monoisotopic (exact) mass is 325 g/mol. The number of ether oxygens (including phenoxy) is 1. The van der Waals surface area contributed by atoms with E-state index in [0.29, 0.717) is 22.5 Å². The Kier molecular flexibility index (Phi) is 4.26. The van der Waals surface area contributed by atoms with Crippen molar-refractivity contribution in [3.63, 3.8) is 0 Å². The number of nitrogens with zero attached hydrogens (tertiary/aromatic N) is 1. The summed E-state index contributed by atoms with van der Waals surface area (Å²) in [5.41, 5.74) is 2.90. The molecule has 1 heterocycles. The van der Waals surface area contributed by atoms with Crippen molar-refractivity contribution in [2.45, 2.75) is 13.5 Å². The number of benzene rings is 2. The number of fused-ring (bicyclic) bond motifs is 1. The fraction of sp³-hybridized carbons (Fsp3) is 0.118. The maximum Gasteiger partial charge on any atom is 0.274 e. The summed E-state index contributed by atoms with van der Waals surface area (Å²) in [6, 6.07) is 11.9. The lowest BCUT2D eigenvalue weighted by Gasteiger charge is -2.07. The highest BCUT2D eigenvalue weighted by atomic mass is 16.5. The molecule has 0 bridgehead atoms. The van der Waals surface area contributed by atoms with Gasteiger partial charge in [-0.05, 0) is 37.3 Å². The second kappa shape index (κ2) is 6.51. The van der Waals surface area contributed by atoms with E-state index in [1.165, 1.54) is 18.2 Å². The first-order valence-electron chi connectivity index (χ1n) is 7.23. The van der Waals surface area contributed by atoms with Crippen molar-refractivity contribution >= 4 is 16.8 Å². The third kappa shape index (κ3) is 3.26. The van der Waals surface area contributed by atoms with Gasteiger partial charge in [-0.1, -0.05) is 17.7 Å². The molecule has 1 amide bonds. The predicted octanol–water partition coefficient (Wildman–Crippen LogP) is 1.93. The molecule has 7 nitrogen and oxygen atoms in total. The van der Waals surface area contributed by atoms with E-state index < -0.39 is 5.91 Å². The minimum atomic E-state index is -0.670. The average molecular weight is 325 g/mol. The Bertz CT molecular complexity index is 948. The third-order valence-corrected chi connectivity index (χ3v) is 3.52. The van der Waals surface area contributed by atoms with Gasteiger partial charge in [0, 0.05) is 5.56 Å². The SMILES string of the molecule is Cc1ccc(OCc2nc3cc(C(=O)NO)ccc3c(=O)[nH]2)cc1. The fourth-order valence-electron chi connectivity index (χ4n) is 2.25. The molecule has 3 aromatic rings. The van der Waals surface area contributed by atoms with E-state index in [9.17, 15) is 9.59 Å². The molecule has 3 N–H and O–H groups in total. The maximum atomic E-state index is 12.1. The topological polar surface area (TPSA) is 104 Å². The number of nitrogens with one attached hydrogen (secondary N) is 2. The van der Waals surface area contributed by atoms with E-state index in [1.54, 1.807) is 5.48 Å². The molecule has 0 fully saturated rings. The number of amides is 1. The molecule has 0 saturated carbocycles. The first kappa shape index (κ1) is 15.7. The van der Waals surface area contributed by atoms with Crippen molar-refractivity contribution in [2.24, 2.45) is 0 Å². The predicted molar refractivity (Wildman–Crippen MR) is 87.1 cm³/mol. The van der Waals surface area contributed by atoms with Crippen LogP contribution in [-0.2, 0) is 6.61 Å². The lowest BCUT2D eigenvalue weighted by molar-refractivity contribution is 0.0706. The van der Waals surface area contributed by atoms with E-state index in [4.69, 9.17) is 9.94 Å². The van der Waals surface area contributed by atoms with E-state index in [2.05, 4.69) is 9.97 Å². The molecule has 7 heteroatoms. The second-order valence-electron chi connectivity index (χ2n) is 5.29. The van der Waals surface area contributed by atoms with Gasteiger partial charge in [0.15, 0.2) is 0 Å². The van der Waals surface area contributed by atoms with Crippen molar-refractivity contribution in [3.8, 4) is 5.75 Å². The van der Waals surface area contributed by atoms with Crippen LogP contribution in [0, 0.1) is 6.92 Å². The first-order valence-corrected chi connectivity index (χ1v) is 7.23. The van der Waals surface area contributed by atoms with Crippen LogP contribution in [0.5, 0.6) is 5.75 Å². The molecule has 0 aliphatic heterocycles. The van der Waals surface area contributed by atoms with Crippen LogP contribution in [0.25, 0.3) is 10.9 Å². The first-order chi connectivity index (χ1) is 11.6. The molecule has 2 aromatic carbocycles. The van der Waals surface area contributed by atoms with Crippen LogP contribution in [0.4, 0.5) is 0 Å². The largest absolute Gasteiger partial charge is 0.486 e. The summed E-state index contributed by atoms with van der Waals surface area (Å²) in [4.78, 5) is 30.5. The average Bonchev–Trinajstić information content (AvgIpc) is 2.60. The number of carbonyl (C=O) groups is 1. The molecule has 0 aliphatic rings. The molecule has 0 aliphatic carbocycles. The lowest BCUT2D eigenvalue weighted by atomic mass is 10.1. The zero-order chi connectivity index (χ0) is 17.1. The molecule has 0 spiro atoms. The van der Waals surface area contributed by atoms with E-state index in [0.717, 1.165) is 5.56 Å². The summed E-state index contributed by atoms with van der Waals surface area (Å²) in [5.74, 6) is 0.336. The Morgan fingerprint density at radius 3 is 2.71 bits per heavy atom. The smallest absolute Gasteiger partial charge is 0.274 e. The van der Waals surface area contributed by atoms with Gasteiger partial charge in [0.25, 0.3) is 11.5 Å². The van der Waals surface area contributed by atoms with Crippen LogP contribution in [-0.4, -0.2) is 21.1 Å². The number of aromatic amines is 1. The van der Waals surface area contributed by atoms with Gasteiger partial charge in [-0.2, -0.15) is 0 Å². The Labute approximate surface area is 136 Å². The van der Waals surface area contributed by atoms with Gasteiger partial charge in [-0.25, -0.2) is 10.5 Å². The number of rotatable bonds is 4. The summed E-state index contributed by atoms with van der Waals surface area (Å²) in [6.07, 6.45) is 0. The van der Waals surface area contributed by atoms with Crippen LogP contribution in [0.3, 0.4) is 0 Å². The van der Waals surface area contributed by atoms with Crippen LogP contribution >= 0.6 is 0 Å². The number of H-pyrrole nitrogens is 1. The van der Waals surface area contributed by atoms with Crippen molar-refractivity contribution in [1.29, 1.82) is 0 Å². The van der Waals surface area contributed by atoms with Gasteiger partial charge in [0.05, 0.1) is 10.9 Å². The van der Waals surface area contributed by atoms with Crippen molar-refractivity contribution in [3.05, 3.63) is 69.8 Å². The van der Waals surface area contributed by atoms with Gasteiger partial charge in [0.1, 0.15) is 18.2 Å². The van der Waals surface area contributed by atoms with E-state index in [1.807, 2.05) is 31.2 Å². The highest BCUT2D eigenvalue weighted by Gasteiger charge is 2.09. The van der Waals surface area contributed by atoms with Gasteiger partial charge in [-0.15, -0.1) is 0 Å². The molecule has 0 saturated heterocycles. The normalized spacial score (nSPS) is 10.6. The second-order valence-corrected chi connectivity index (χ2v) is 5.29. The Morgan fingerprint density at radius 1 is 1.25 bits per heavy atom. The number of aryl methyl sites for hydroxylation is 1. The highest BCUT2D eigenvalue weighted by Crippen LogP contribution is 2.14. The lowest BCUT2D eigenvalue weighted by Crippen LogP contribution is -2.19. The highest BCUT2D eigenvalue weighted by molar-refractivity contribution is 5.96. The molecule has 24 heavy (non-hydrogen) atoms. The molecule has 0 radical (unpaired) electrons. The van der Waals surface area contributed by atoms with Crippen molar-refractivity contribution in [1.82, 2.24) is 15.4 Å². The van der Waals surface area contributed by atoms with Crippen LogP contribution in [0.2, 0.25) is 0 Å². The molecule has 0 atom stereocenters. The Balaban J connectivity index is 1.89. The number of hydroxylamine groups is 1. The molecule has 122 valence electrons. The number of aromatic nitrogens is 2. The summed E-state index contributed by atoms with van der Waals surface area (Å²) in [5, 5.41) is 9.04. The Hall–Kier alpha value is -3.19. The van der Waals surface area contributed by atoms with Gasteiger partial charge < -0.3 is 9.72 Å². The van der Waals surface area contributed by atoms with Crippen molar-refractivity contribution < 1.29 is 14.7 Å². The number of hydrogen-bond donors (Lipinski definition) is 3. The zero-order valence-electron chi connectivity index (χ0n) is 12.9. The quantitative estimate of drug-likeness (QED) is 0.502. The summed E-state index contributed by atoms with van der Waals surface area (Å²) in [7, 11) is 0. The summed E-state index contributed by atoms with van der Waals surface area (Å²) in [6.45, 7) is 2.07. The molecule has 1 aromatic heterocycles. The molecular weight excluding hydrogens is 310 g/mol. The van der Waals surface area contributed by atoms with Gasteiger partial charge in [0.2, 0.25) is 0 Å². The summed E-state index contributed by atoms with van der Waals surface area (Å²) < 4.78 is 5.60. The molecule has 0 unspecified atom stereocenters. The minimum Gasteiger partial charge on any atom is -0.486 e. The number of carbonyl (C=O) groups excluding carboxylic acids is 1. The molecule has 3 rings (SSSR count). The van der Waals surface area contributed by atoms with Gasteiger partial charge >= 0.3 is 0 Å². The van der Waals surface area contributed by atoms with E-state index in [-0.39, 0.29) is 17.7 Å². The summed E-state index contributed by atoms with van der Waals surface area (Å²) >= 11 is 0. The van der Waals surface area contributed by atoms with Crippen LogP contribution in [0.1, 0.15) is 21.7 Å². The third-order valence-electron chi connectivity index (χ3n) is 3.52. The fourth-order valence-corrected chi connectivity index (χ4v) is 2.25. The van der Waals surface area contributed by atoms with Crippen LogP contribution < -0.4 is 15.8 Å². The van der Waals surface area contributed by atoms with Gasteiger partial charge in [-0.3, -0.25) is 14.8 Å². The maximum absolute atomic E-state index is 12.1. The van der Waals surface area contributed by atoms with Crippen LogP contribution in [0.15, 0.2) is 47.3 Å². The minimum absolute atomic E-state index is 0.0880. The Morgan fingerprint density at radius 2 is 2.00 bits per heavy atom. The zero-order valence-corrected chi connectivity index (χ0v) is 12.9. The van der Waals surface area contributed by atoms with E-state index >= 15 is 0 Å². The van der Waals surface area contributed by atoms with Crippen molar-refractivity contribution in [2.75, 3.05) is 0 Å². The standard InChI is InChI=1S/C17H15N3O4/c1-10-2-5-12(6-3-10)24-9-15-18-14-8-11(16(21)20-23)4-7-13(14)17(22)19-15/h2-8,23H,9H2,1H3,(H,20,21)(H,18,19,22). The number of hydrogen-bond acceptors (Lipinski definition) is 5.